The summed E-state index contributed by atoms with van der Waals surface area (Å²) in [6.45, 7) is 1.94. The molecule has 0 unspecified atom stereocenters. The van der Waals surface area contributed by atoms with Gasteiger partial charge in [-0.3, -0.25) is 4.79 Å². The monoisotopic (exact) mass is 251 g/mol. The number of primary amides is 1. The average Bonchev–Trinajstić information content (AvgIpc) is 2.33. The van der Waals surface area contributed by atoms with Crippen molar-refractivity contribution in [3.8, 4) is 5.75 Å². The Bertz CT molecular complexity index is 391. The molecule has 2 N–H and O–H groups in total. The van der Waals surface area contributed by atoms with Crippen LogP contribution < -0.4 is 10.5 Å². The van der Waals surface area contributed by atoms with Crippen LogP contribution in [0.3, 0.4) is 0 Å². The SMILES string of the molecule is CC=CCSCc1cccc(OCC(N)=O)c1. The molecule has 0 aliphatic carbocycles. The molecule has 17 heavy (non-hydrogen) atoms. The molecule has 0 heterocycles. The van der Waals surface area contributed by atoms with Crippen molar-refractivity contribution in [2.45, 2.75) is 12.7 Å². The number of benzene rings is 1. The molecule has 3 nitrogen and oxygen atoms in total. The highest BCUT2D eigenvalue weighted by Gasteiger charge is 1.99. The van der Waals surface area contributed by atoms with Crippen molar-refractivity contribution in [3.63, 3.8) is 0 Å². The molecule has 4 heteroatoms. The minimum absolute atomic E-state index is 0.0742. The van der Waals surface area contributed by atoms with Gasteiger partial charge in [-0.1, -0.05) is 24.3 Å². The third-order valence-electron chi connectivity index (χ3n) is 2.00. The maximum Gasteiger partial charge on any atom is 0.255 e. The second kappa shape index (κ2) is 7.79. The highest BCUT2D eigenvalue weighted by Crippen LogP contribution is 2.18. The molecule has 92 valence electrons. The summed E-state index contributed by atoms with van der Waals surface area (Å²) in [4.78, 5) is 10.6. The standard InChI is InChI=1S/C13H17NO2S/c1-2-3-7-17-10-11-5-4-6-12(8-11)16-9-13(14)15/h2-6,8H,7,9-10H2,1H3,(H2,14,15). The fraction of sp³-hybridized carbons (Fsp3) is 0.308. The summed E-state index contributed by atoms with van der Waals surface area (Å²) >= 11 is 1.83. The molecular weight excluding hydrogens is 234 g/mol. The summed E-state index contributed by atoms with van der Waals surface area (Å²) in [7, 11) is 0. The van der Waals surface area contributed by atoms with Gasteiger partial charge in [-0.05, 0) is 24.6 Å². The van der Waals surface area contributed by atoms with Crippen LogP contribution in [0, 0.1) is 0 Å². The van der Waals surface area contributed by atoms with Gasteiger partial charge in [-0.15, -0.1) is 0 Å². The van der Waals surface area contributed by atoms with Crippen LogP contribution in [-0.2, 0) is 10.5 Å². The number of hydrogen-bond acceptors (Lipinski definition) is 3. The first-order chi connectivity index (χ1) is 8.22. The number of carbonyl (C=O) groups excluding carboxylic acids is 1. The summed E-state index contributed by atoms with van der Waals surface area (Å²) in [5, 5.41) is 0. The lowest BCUT2D eigenvalue weighted by Gasteiger charge is -2.05. The van der Waals surface area contributed by atoms with Gasteiger partial charge in [0.1, 0.15) is 5.75 Å². The second-order valence-electron chi connectivity index (χ2n) is 3.49. The minimum Gasteiger partial charge on any atom is -0.484 e. The average molecular weight is 251 g/mol. The Kier molecular flexibility index (Phi) is 6.25. The van der Waals surface area contributed by atoms with Crippen LogP contribution in [0.4, 0.5) is 0 Å². The van der Waals surface area contributed by atoms with Gasteiger partial charge in [0.15, 0.2) is 6.61 Å². The van der Waals surface area contributed by atoms with Gasteiger partial charge in [0.25, 0.3) is 5.91 Å². The van der Waals surface area contributed by atoms with Crippen LogP contribution >= 0.6 is 11.8 Å². The van der Waals surface area contributed by atoms with Gasteiger partial charge in [-0.2, -0.15) is 11.8 Å². The molecule has 0 fully saturated rings. The molecule has 0 radical (unpaired) electrons. The zero-order valence-electron chi connectivity index (χ0n) is 9.89. The predicted octanol–water partition coefficient (Wildman–Crippen LogP) is 2.36. The van der Waals surface area contributed by atoms with E-state index in [0.29, 0.717) is 5.75 Å². The Balaban J connectivity index is 2.44. The molecule has 1 aromatic rings. The Labute approximate surface area is 106 Å². The van der Waals surface area contributed by atoms with Crippen LogP contribution in [-0.4, -0.2) is 18.3 Å². The maximum atomic E-state index is 10.6. The van der Waals surface area contributed by atoms with Crippen molar-refractivity contribution >= 4 is 17.7 Å². The number of thioether (sulfide) groups is 1. The number of carbonyl (C=O) groups is 1. The van der Waals surface area contributed by atoms with Crippen molar-refractivity contribution < 1.29 is 9.53 Å². The molecule has 1 rings (SSSR count). The summed E-state index contributed by atoms with van der Waals surface area (Å²) in [6, 6.07) is 7.72. The fourth-order valence-electron chi connectivity index (χ4n) is 1.22. The summed E-state index contributed by atoms with van der Waals surface area (Å²) in [6.07, 6.45) is 4.16. The second-order valence-corrected chi connectivity index (χ2v) is 4.52. The normalized spacial score (nSPS) is 10.6. The predicted molar refractivity (Wildman–Crippen MR) is 72.1 cm³/mol. The van der Waals surface area contributed by atoms with E-state index in [1.165, 1.54) is 5.56 Å². The van der Waals surface area contributed by atoms with E-state index in [-0.39, 0.29) is 6.61 Å². The summed E-state index contributed by atoms with van der Waals surface area (Å²) < 4.78 is 5.24. The van der Waals surface area contributed by atoms with Gasteiger partial charge >= 0.3 is 0 Å². The number of ether oxygens (including phenoxy) is 1. The van der Waals surface area contributed by atoms with Gasteiger partial charge in [0.05, 0.1) is 0 Å². The van der Waals surface area contributed by atoms with Crippen molar-refractivity contribution in [1.29, 1.82) is 0 Å². The molecule has 0 saturated heterocycles. The van der Waals surface area contributed by atoms with Crippen molar-refractivity contribution in [2.75, 3.05) is 12.4 Å². The van der Waals surface area contributed by atoms with E-state index < -0.39 is 5.91 Å². The van der Waals surface area contributed by atoms with Gasteiger partial charge in [0, 0.05) is 11.5 Å². The fourth-order valence-corrected chi connectivity index (χ4v) is 2.08. The first-order valence-corrected chi connectivity index (χ1v) is 6.57. The molecule has 0 aromatic heterocycles. The molecule has 0 atom stereocenters. The van der Waals surface area contributed by atoms with E-state index in [0.717, 1.165) is 11.5 Å². The lowest BCUT2D eigenvalue weighted by molar-refractivity contribution is -0.119. The van der Waals surface area contributed by atoms with E-state index in [1.54, 1.807) is 0 Å². The first-order valence-electron chi connectivity index (χ1n) is 5.41. The van der Waals surface area contributed by atoms with Crippen LogP contribution in [0.1, 0.15) is 12.5 Å². The van der Waals surface area contributed by atoms with Crippen LogP contribution in [0.5, 0.6) is 5.75 Å². The molecule has 1 amide bonds. The number of nitrogens with two attached hydrogens (primary N) is 1. The number of amides is 1. The number of allylic oxidation sites excluding steroid dienone is 1. The van der Waals surface area contributed by atoms with E-state index in [1.807, 2.05) is 49.0 Å². The highest BCUT2D eigenvalue weighted by molar-refractivity contribution is 7.98. The lowest BCUT2D eigenvalue weighted by Crippen LogP contribution is -2.20. The van der Waals surface area contributed by atoms with Crippen LogP contribution in [0.15, 0.2) is 36.4 Å². The van der Waals surface area contributed by atoms with E-state index in [9.17, 15) is 4.79 Å². The van der Waals surface area contributed by atoms with Crippen LogP contribution in [0.2, 0.25) is 0 Å². The van der Waals surface area contributed by atoms with E-state index >= 15 is 0 Å². The van der Waals surface area contributed by atoms with Crippen molar-refractivity contribution in [1.82, 2.24) is 0 Å². The summed E-state index contributed by atoms with van der Waals surface area (Å²) in [5.74, 6) is 2.16. The van der Waals surface area contributed by atoms with Gasteiger partial charge < -0.3 is 10.5 Å². The Morgan fingerprint density at radius 1 is 1.53 bits per heavy atom. The van der Waals surface area contributed by atoms with Crippen molar-refractivity contribution in [3.05, 3.63) is 42.0 Å². The van der Waals surface area contributed by atoms with E-state index in [4.69, 9.17) is 10.5 Å². The van der Waals surface area contributed by atoms with Gasteiger partial charge in [0.2, 0.25) is 0 Å². The van der Waals surface area contributed by atoms with Gasteiger partial charge in [-0.25, -0.2) is 0 Å². The quantitative estimate of drug-likeness (QED) is 0.598. The summed E-state index contributed by atoms with van der Waals surface area (Å²) in [5.41, 5.74) is 6.20. The Hall–Kier alpha value is -1.42. The Morgan fingerprint density at radius 2 is 2.35 bits per heavy atom. The third-order valence-corrected chi connectivity index (χ3v) is 2.96. The molecular formula is C13H17NO2S. The van der Waals surface area contributed by atoms with Crippen molar-refractivity contribution in [2.24, 2.45) is 5.73 Å². The highest BCUT2D eigenvalue weighted by atomic mass is 32.2. The molecule has 0 spiro atoms. The van der Waals surface area contributed by atoms with Crippen LogP contribution in [0.25, 0.3) is 0 Å². The molecule has 0 aliphatic rings. The zero-order valence-corrected chi connectivity index (χ0v) is 10.7. The molecule has 0 saturated carbocycles. The Morgan fingerprint density at radius 3 is 3.06 bits per heavy atom. The zero-order chi connectivity index (χ0) is 12.5. The number of hydrogen-bond donors (Lipinski definition) is 1. The number of rotatable bonds is 7. The molecule has 0 aliphatic heterocycles. The topological polar surface area (TPSA) is 52.3 Å². The minimum atomic E-state index is -0.460. The van der Waals surface area contributed by atoms with E-state index in [2.05, 4.69) is 6.08 Å². The molecule has 1 aromatic carbocycles. The largest absolute Gasteiger partial charge is 0.484 e. The lowest BCUT2D eigenvalue weighted by atomic mass is 10.2. The smallest absolute Gasteiger partial charge is 0.255 e. The maximum absolute atomic E-state index is 10.6. The first kappa shape index (κ1) is 13.6. The third kappa shape index (κ3) is 6.02. The molecule has 0 bridgehead atoms.